The van der Waals surface area contributed by atoms with E-state index >= 15 is 0 Å². The van der Waals surface area contributed by atoms with Gasteiger partial charge < -0.3 is 19.8 Å². The molecule has 1 aliphatic heterocycles. The SMILES string of the molecule is CN1CCOCC1.O=C(O)O.[KH]. The summed E-state index contributed by atoms with van der Waals surface area (Å²) in [5.41, 5.74) is 0. The Balaban J connectivity index is 0. The second-order valence-electron chi connectivity index (χ2n) is 2.20. The second-order valence-corrected chi connectivity index (χ2v) is 2.20. The molecule has 1 rings (SSSR count). The van der Waals surface area contributed by atoms with Crippen LogP contribution in [0.2, 0.25) is 0 Å². The van der Waals surface area contributed by atoms with Crippen molar-refractivity contribution in [3.8, 4) is 0 Å². The fourth-order valence-electron chi connectivity index (χ4n) is 0.655. The summed E-state index contributed by atoms with van der Waals surface area (Å²) in [5.74, 6) is 0. The van der Waals surface area contributed by atoms with Crippen molar-refractivity contribution in [2.75, 3.05) is 33.4 Å². The number of hydrogen-bond donors (Lipinski definition) is 2. The molecule has 12 heavy (non-hydrogen) atoms. The number of likely N-dealkylation sites (N-methyl/N-ethyl adjacent to an activating group) is 1. The maximum atomic E-state index is 8.56. The summed E-state index contributed by atoms with van der Waals surface area (Å²) in [6, 6.07) is 0. The minimum atomic E-state index is -1.83. The van der Waals surface area contributed by atoms with Crippen LogP contribution < -0.4 is 0 Å². The van der Waals surface area contributed by atoms with Crippen LogP contribution in [0, 0.1) is 0 Å². The zero-order valence-electron chi connectivity index (χ0n) is 6.49. The molecule has 0 aromatic heterocycles. The normalized spacial score (nSPS) is 16.8. The fourth-order valence-corrected chi connectivity index (χ4v) is 0.655. The van der Waals surface area contributed by atoms with Crippen LogP contribution in [0.5, 0.6) is 0 Å². The van der Waals surface area contributed by atoms with E-state index in [1.165, 1.54) is 0 Å². The number of carbonyl (C=O) groups is 1. The molecule has 0 atom stereocenters. The van der Waals surface area contributed by atoms with Gasteiger partial charge >= 0.3 is 57.5 Å². The van der Waals surface area contributed by atoms with Gasteiger partial charge in [0.25, 0.3) is 0 Å². The number of morpholine rings is 1. The second kappa shape index (κ2) is 9.91. The topological polar surface area (TPSA) is 70.0 Å². The van der Waals surface area contributed by atoms with E-state index in [-0.39, 0.29) is 51.4 Å². The molecule has 1 aliphatic rings. The first-order chi connectivity index (χ1) is 5.13. The fraction of sp³-hybridized carbons (Fsp3) is 0.833. The monoisotopic (exact) mass is 203 g/mol. The van der Waals surface area contributed by atoms with Crippen molar-refractivity contribution >= 4 is 57.5 Å². The van der Waals surface area contributed by atoms with Crippen LogP contribution in [0.15, 0.2) is 0 Å². The molecule has 0 amide bonds. The number of ether oxygens (including phenoxy) is 1. The summed E-state index contributed by atoms with van der Waals surface area (Å²) < 4.78 is 5.10. The van der Waals surface area contributed by atoms with Crippen LogP contribution >= 0.6 is 0 Å². The summed E-state index contributed by atoms with van der Waals surface area (Å²) in [6.07, 6.45) is -1.83. The molecule has 68 valence electrons. The molecule has 0 spiro atoms. The van der Waals surface area contributed by atoms with Crippen LogP contribution in [0.3, 0.4) is 0 Å². The van der Waals surface area contributed by atoms with Crippen molar-refractivity contribution < 1.29 is 19.7 Å². The first kappa shape index (κ1) is 15.3. The summed E-state index contributed by atoms with van der Waals surface area (Å²) in [6.45, 7) is 4.02. The molecule has 0 saturated carbocycles. The molecule has 0 unspecified atom stereocenters. The van der Waals surface area contributed by atoms with Gasteiger partial charge in [0.2, 0.25) is 0 Å². The number of nitrogens with zero attached hydrogens (tertiary/aromatic N) is 1. The standard InChI is InChI=1S/C5H11NO.CH2O3.K.H/c1-6-2-4-7-5-3-6;2-1(3)4;;/h2-5H2,1H3;(H2,2,3,4);;. The third-order valence-corrected chi connectivity index (χ3v) is 1.23. The molecule has 5 nitrogen and oxygen atoms in total. The Morgan fingerprint density at radius 2 is 1.67 bits per heavy atom. The zero-order chi connectivity index (χ0) is 8.69. The molecule has 0 bridgehead atoms. The van der Waals surface area contributed by atoms with Crippen LogP contribution in [-0.2, 0) is 4.74 Å². The molecule has 0 aromatic carbocycles. The van der Waals surface area contributed by atoms with Crippen molar-refractivity contribution in [2.24, 2.45) is 0 Å². The van der Waals surface area contributed by atoms with Gasteiger partial charge in [-0.05, 0) is 7.05 Å². The van der Waals surface area contributed by atoms with Crippen molar-refractivity contribution in [3.05, 3.63) is 0 Å². The molecule has 0 radical (unpaired) electrons. The van der Waals surface area contributed by atoms with Crippen molar-refractivity contribution in [1.82, 2.24) is 4.90 Å². The van der Waals surface area contributed by atoms with E-state index in [1.54, 1.807) is 0 Å². The predicted octanol–water partition coefficient (Wildman–Crippen LogP) is -0.478. The summed E-state index contributed by atoms with van der Waals surface area (Å²) in [7, 11) is 2.11. The quantitative estimate of drug-likeness (QED) is 0.520. The van der Waals surface area contributed by atoms with Gasteiger partial charge in [-0.3, -0.25) is 0 Å². The summed E-state index contributed by atoms with van der Waals surface area (Å²) in [5, 5.41) is 13.9. The Bertz CT molecular complexity index is 112. The molecule has 0 aliphatic carbocycles. The van der Waals surface area contributed by atoms with E-state index in [9.17, 15) is 0 Å². The molecular formula is C6H14KNO4. The van der Waals surface area contributed by atoms with Crippen LogP contribution in [-0.4, -0.2) is 106 Å². The van der Waals surface area contributed by atoms with Gasteiger partial charge in [0.1, 0.15) is 0 Å². The van der Waals surface area contributed by atoms with E-state index in [0.29, 0.717) is 0 Å². The molecule has 2 N–H and O–H groups in total. The third kappa shape index (κ3) is 13.4. The molecular weight excluding hydrogens is 189 g/mol. The Morgan fingerprint density at radius 1 is 1.33 bits per heavy atom. The summed E-state index contributed by atoms with van der Waals surface area (Å²) >= 11 is 0. The Labute approximate surface area is 114 Å². The van der Waals surface area contributed by atoms with Crippen molar-refractivity contribution in [2.45, 2.75) is 0 Å². The molecule has 1 saturated heterocycles. The Hall–Kier alpha value is 0.826. The predicted molar refractivity (Wildman–Crippen MR) is 46.1 cm³/mol. The van der Waals surface area contributed by atoms with E-state index in [4.69, 9.17) is 19.7 Å². The minimum absolute atomic E-state index is 0. The van der Waals surface area contributed by atoms with Gasteiger partial charge in [0, 0.05) is 13.1 Å². The van der Waals surface area contributed by atoms with E-state index in [1.807, 2.05) is 0 Å². The molecule has 1 fully saturated rings. The van der Waals surface area contributed by atoms with E-state index < -0.39 is 6.16 Å². The van der Waals surface area contributed by atoms with E-state index in [2.05, 4.69) is 11.9 Å². The Kier molecular flexibility index (Phi) is 12.6. The van der Waals surface area contributed by atoms with Crippen LogP contribution in [0.4, 0.5) is 4.79 Å². The van der Waals surface area contributed by atoms with E-state index in [0.717, 1.165) is 26.3 Å². The first-order valence-corrected chi connectivity index (χ1v) is 3.31. The Morgan fingerprint density at radius 3 is 1.83 bits per heavy atom. The molecule has 1 heterocycles. The molecule has 6 heteroatoms. The van der Waals surface area contributed by atoms with Crippen molar-refractivity contribution in [1.29, 1.82) is 0 Å². The van der Waals surface area contributed by atoms with Crippen LogP contribution in [0.1, 0.15) is 0 Å². The summed E-state index contributed by atoms with van der Waals surface area (Å²) in [4.78, 5) is 10.8. The maximum absolute atomic E-state index is 8.56. The average molecular weight is 203 g/mol. The van der Waals surface area contributed by atoms with Gasteiger partial charge in [-0.25, -0.2) is 4.79 Å². The van der Waals surface area contributed by atoms with Gasteiger partial charge in [-0.2, -0.15) is 0 Å². The molecule has 0 aromatic rings. The first-order valence-electron chi connectivity index (χ1n) is 3.31. The van der Waals surface area contributed by atoms with Gasteiger partial charge in [0.05, 0.1) is 13.2 Å². The number of hydrogen-bond acceptors (Lipinski definition) is 3. The average Bonchev–Trinajstić information content (AvgIpc) is 1.87. The number of rotatable bonds is 0. The van der Waals surface area contributed by atoms with Gasteiger partial charge in [-0.15, -0.1) is 0 Å². The zero-order valence-corrected chi connectivity index (χ0v) is 6.49. The third-order valence-electron chi connectivity index (χ3n) is 1.23. The van der Waals surface area contributed by atoms with Crippen LogP contribution in [0.25, 0.3) is 0 Å². The number of carboxylic acid groups (broad SMARTS) is 2. The van der Waals surface area contributed by atoms with Gasteiger partial charge in [-0.1, -0.05) is 0 Å². The van der Waals surface area contributed by atoms with Crippen molar-refractivity contribution in [3.63, 3.8) is 0 Å². The van der Waals surface area contributed by atoms with Gasteiger partial charge in [0.15, 0.2) is 0 Å².